The van der Waals surface area contributed by atoms with Crippen molar-refractivity contribution in [2.45, 2.75) is 44.7 Å². The Balaban J connectivity index is 0.00000225. The van der Waals surface area contributed by atoms with Crippen molar-refractivity contribution in [2.75, 3.05) is 25.1 Å². The molecule has 4 rings (SSSR count). The number of halogens is 1. The van der Waals surface area contributed by atoms with Gasteiger partial charge in [0, 0.05) is 11.7 Å². The summed E-state index contributed by atoms with van der Waals surface area (Å²) in [5.41, 5.74) is 1.29. The Morgan fingerprint density at radius 2 is 1.89 bits per heavy atom. The number of benzene rings is 1. The van der Waals surface area contributed by atoms with Crippen LogP contribution >= 0.6 is 12.4 Å². The average Bonchev–Trinajstić information content (AvgIpc) is 3.45. The van der Waals surface area contributed by atoms with E-state index in [0.717, 1.165) is 37.4 Å². The highest BCUT2D eigenvalue weighted by Crippen LogP contribution is 2.37. The number of nitrogens with zero attached hydrogens (tertiary/aromatic N) is 4. The van der Waals surface area contributed by atoms with Gasteiger partial charge in [0.1, 0.15) is 5.75 Å². The lowest BCUT2D eigenvalue weighted by atomic mass is 10.1. The van der Waals surface area contributed by atoms with E-state index in [-0.39, 0.29) is 24.4 Å². The van der Waals surface area contributed by atoms with Crippen molar-refractivity contribution in [3.05, 3.63) is 36.2 Å². The van der Waals surface area contributed by atoms with E-state index in [2.05, 4.69) is 22.6 Å². The molecule has 2 heterocycles. The molecule has 0 radical (unpaired) electrons. The minimum absolute atomic E-state index is 0. The van der Waals surface area contributed by atoms with Crippen LogP contribution in [0, 0.1) is 5.92 Å². The Hall–Kier alpha value is -2.12. The maximum Gasteiger partial charge on any atom is 0.280 e. The number of amides is 1. The molecule has 1 unspecified atom stereocenters. The van der Waals surface area contributed by atoms with E-state index in [4.69, 9.17) is 4.74 Å². The molecule has 1 aromatic heterocycles. The van der Waals surface area contributed by atoms with Crippen molar-refractivity contribution in [3.8, 4) is 5.75 Å². The molecule has 1 aliphatic carbocycles. The fraction of sp³-hybridized carbons (Fsp3) is 0.550. The molecule has 1 aromatic carbocycles. The molecule has 0 spiro atoms. The van der Waals surface area contributed by atoms with E-state index in [0.29, 0.717) is 17.7 Å². The first kappa shape index (κ1) is 20.6. The molecule has 2 aromatic rings. The van der Waals surface area contributed by atoms with Crippen LogP contribution in [0.25, 0.3) is 0 Å². The van der Waals surface area contributed by atoms with Gasteiger partial charge in [0.15, 0.2) is 5.69 Å². The van der Waals surface area contributed by atoms with Crippen LogP contribution in [-0.4, -0.2) is 47.1 Å². The summed E-state index contributed by atoms with van der Waals surface area (Å²) in [6.07, 6.45) is 6.18. The van der Waals surface area contributed by atoms with Gasteiger partial charge in [-0.15, -0.1) is 17.5 Å². The van der Waals surface area contributed by atoms with Crippen LogP contribution < -0.4 is 15.0 Å². The number of ether oxygens (including phenoxy) is 1. The number of hydrogen-bond acceptors (Lipinski definition) is 5. The Morgan fingerprint density at radius 1 is 1.21 bits per heavy atom. The molecule has 2 aliphatic rings. The van der Waals surface area contributed by atoms with E-state index in [9.17, 15) is 4.79 Å². The second-order valence-corrected chi connectivity index (χ2v) is 7.52. The third-order valence-electron chi connectivity index (χ3n) is 5.69. The minimum Gasteiger partial charge on any atom is -0.497 e. The Bertz CT molecular complexity index is 784. The van der Waals surface area contributed by atoms with E-state index in [1.807, 2.05) is 40.0 Å². The van der Waals surface area contributed by atoms with Gasteiger partial charge >= 0.3 is 0 Å². The third kappa shape index (κ3) is 4.31. The highest BCUT2D eigenvalue weighted by Gasteiger charge is 2.36. The van der Waals surface area contributed by atoms with Crippen molar-refractivity contribution in [3.63, 3.8) is 0 Å². The minimum atomic E-state index is -0.0836. The standard InChI is InChI=1S/C20H27N5O2.ClH/c1-14(15-3-4-15)25(17-5-7-18(27-2)8-6-17)20(26)19-13-24(23-22-19)16-9-11-21-12-10-16;/h5-8,13-16,21H,3-4,9-12H2,1-2H3;1H. The van der Waals surface area contributed by atoms with Gasteiger partial charge in [-0.3, -0.25) is 4.79 Å². The molecule has 1 atom stereocenters. The number of rotatable bonds is 6. The van der Waals surface area contributed by atoms with Crippen molar-refractivity contribution in [1.82, 2.24) is 20.3 Å². The van der Waals surface area contributed by atoms with Crippen molar-refractivity contribution < 1.29 is 9.53 Å². The van der Waals surface area contributed by atoms with Crippen LogP contribution in [0.1, 0.15) is 49.1 Å². The molecular formula is C20H28ClN5O2. The van der Waals surface area contributed by atoms with Gasteiger partial charge in [-0.2, -0.15) is 0 Å². The summed E-state index contributed by atoms with van der Waals surface area (Å²) in [4.78, 5) is 15.2. The molecule has 1 N–H and O–H groups in total. The quantitative estimate of drug-likeness (QED) is 0.799. The first-order valence-electron chi connectivity index (χ1n) is 9.77. The van der Waals surface area contributed by atoms with E-state index in [1.165, 1.54) is 12.8 Å². The topological polar surface area (TPSA) is 72.3 Å². The van der Waals surface area contributed by atoms with Gasteiger partial charge in [0.2, 0.25) is 0 Å². The van der Waals surface area contributed by atoms with Gasteiger partial charge < -0.3 is 15.0 Å². The number of piperidine rings is 1. The smallest absolute Gasteiger partial charge is 0.280 e. The highest BCUT2D eigenvalue weighted by molar-refractivity contribution is 6.05. The fourth-order valence-corrected chi connectivity index (χ4v) is 3.82. The number of methoxy groups -OCH3 is 1. The Morgan fingerprint density at radius 3 is 2.50 bits per heavy atom. The van der Waals surface area contributed by atoms with Gasteiger partial charge in [-0.05, 0) is 75.9 Å². The number of aromatic nitrogens is 3. The van der Waals surface area contributed by atoms with Crippen LogP contribution in [0.5, 0.6) is 5.75 Å². The summed E-state index contributed by atoms with van der Waals surface area (Å²) in [6.45, 7) is 4.08. The SMILES string of the molecule is COc1ccc(N(C(=O)c2cn(C3CCNCC3)nn2)C(C)C2CC2)cc1.Cl. The third-order valence-corrected chi connectivity index (χ3v) is 5.69. The predicted octanol–water partition coefficient (Wildman–Crippen LogP) is 3.08. The number of hydrogen-bond donors (Lipinski definition) is 1. The van der Waals surface area contributed by atoms with E-state index < -0.39 is 0 Å². The molecule has 8 heteroatoms. The molecule has 2 fully saturated rings. The monoisotopic (exact) mass is 405 g/mol. The Kier molecular flexibility index (Phi) is 6.57. The fourth-order valence-electron chi connectivity index (χ4n) is 3.82. The van der Waals surface area contributed by atoms with Crippen LogP contribution in [0.4, 0.5) is 5.69 Å². The van der Waals surface area contributed by atoms with Crippen LogP contribution in [-0.2, 0) is 0 Å². The molecule has 28 heavy (non-hydrogen) atoms. The summed E-state index contributed by atoms with van der Waals surface area (Å²) >= 11 is 0. The summed E-state index contributed by atoms with van der Waals surface area (Å²) < 4.78 is 7.11. The lowest BCUT2D eigenvalue weighted by Gasteiger charge is -2.29. The summed E-state index contributed by atoms with van der Waals surface area (Å²) in [5.74, 6) is 1.25. The molecule has 1 amide bonds. The Labute approximate surface area is 171 Å². The number of anilines is 1. The second-order valence-electron chi connectivity index (χ2n) is 7.52. The van der Waals surface area contributed by atoms with E-state index >= 15 is 0 Å². The zero-order valence-electron chi connectivity index (χ0n) is 16.4. The van der Waals surface area contributed by atoms with Gasteiger partial charge in [-0.25, -0.2) is 4.68 Å². The molecule has 0 bridgehead atoms. The molecule has 1 saturated carbocycles. The maximum absolute atomic E-state index is 13.3. The first-order valence-corrected chi connectivity index (χ1v) is 9.77. The van der Waals surface area contributed by atoms with Crippen LogP contribution in [0.3, 0.4) is 0 Å². The number of nitrogens with one attached hydrogen (secondary N) is 1. The molecule has 1 aliphatic heterocycles. The number of carbonyl (C=O) groups is 1. The second kappa shape index (κ2) is 8.92. The van der Waals surface area contributed by atoms with Crippen molar-refractivity contribution in [1.29, 1.82) is 0 Å². The van der Waals surface area contributed by atoms with Gasteiger partial charge in [-0.1, -0.05) is 5.21 Å². The lowest BCUT2D eigenvalue weighted by molar-refractivity contribution is 0.0970. The van der Waals surface area contributed by atoms with Crippen molar-refractivity contribution >= 4 is 24.0 Å². The summed E-state index contributed by atoms with van der Waals surface area (Å²) in [7, 11) is 1.64. The molecule has 152 valence electrons. The average molecular weight is 406 g/mol. The molecule has 1 saturated heterocycles. The first-order chi connectivity index (χ1) is 13.2. The maximum atomic E-state index is 13.3. The molecular weight excluding hydrogens is 378 g/mol. The molecule has 7 nitrogen and oxygen atoms in total. The summed E-state index contributed by atoms with van der Waals surface area (Å²) in [6, 6.07) is 8.10. The predicted molar refractivity (Wildman–Crippen MR) is 110 cm³/mol. The lowest BCUT2D eigenvalue weighted by Crippen LogP contribution is -2.40. The summed E-state index contributed by atoms with van der Waals surface area (Å²) in [5, 5.41) is 11.8. The highest BCUT2D eigenvalue weighted by atomic mass is 35.5. The van der Waals surface area contributed by atoms with Crippen LogP contribution in [0.15, 0.2) is 30.5 Å². The van der Waals surface area contributed by atoms with Gasteiger partial charge in [0.05, 0.1) is 19.3 Å². The number of carbonyl (C=O) groups excluding carboxylic acids is 1. The zero-order valence-corrected chi connectivity index (χ0v) is 17.2. The normalized spacial score (nSPS) is 18.2. The largest absolute Gasteiger partial charge is 0.497 e. The van der Waals surface area contributed by atoms with E-state index in [1.54, 1.807) is 7.11 Å². The van der Waals surface area contributed by atoms with Crippen LogP contribution in [0.2, 0.25) is 0 Å². The zero-order chi connectivity index (χ0) is 18.8. The van der Waals surface area contributed by atoms with Crippen molar-refractivity contribution in [2.24, 2.45) is 5.92 Å². The van der Waals surface area contributed by atoms with Gasteiger partial charge in [0.25, 0.3) is 5.91 Å².